The van der Waals surface area contributed by atoms with Crippen LogP contribution in [0.4, 0.5) is 0 Å². The molecule has 1 heterocycles. The van der Waals surface area contributed by atoms with E-state index in [0.29, 0.717) is 16.5 Å². The van der Waals surface area contributed by atoms with Crippen LogP contribution in [0.5, 0.6) is 0 Å². The molecule has 5 heteroatoms. The van der Waals surface area contributed by atoms with Crippen LogP contribution < -0.4 is 0 Å². The fourth-order valence-corrected chi connectivity index (χ4v) is 1.63. The molecule has 0 saturated heterocycles. The normalized spacial score (nSPS) is 10.4. The van der Waals surface area contributed by atoms with Gasteiger partial charge in [0.25, 0.3) is 0 Å². The number of esters is 1. The van der Waals surface area contributed by atoms with Crippen LogP contribution in [0, 0.1) is 0 Å². The second-order valence-corrected chi connectivity index (χ2v) is 3.51. The van der Waals surface area contributed by atoms with E-state index in [-0.39, 0.29) is 0 Å². The maximum absolute atomic E-state index is 11.3. The first-order chi connectivity index (χ1) is 6.74. The minimum absolute atomic E-state index is 0.397. The highest BCUT2D eigenvalue weighted by Crippen LogP contribution is 2.26. The quantitative estimate of drug-likeness (QED) is 0.735. The van der Waals surface area contributed by atoms with E-state index in [0.717, 1.165) is 4.47 Å². The Labute approximate surface area is 88.0 Å². The van der Waals surface area contributed by atoms with Gasteiger partial charge in [-0.3, -0.25) is 0 Å². The highest BCUT2D eigenvalue weighted by atomic mass is 79.9. The molecule has 0 saturated carbocycles. The van der Waals surface area contributed by atoms with Crippen LogP contribution in [0.15, 0.2) is 27.3 Å². The number of hydrogen-bond donors (Lipinski definition) is 0. The Balaban J connectivity index is 2.72. The van der Waals surface area contributed by atoms with Gasteiger partial charge < -0.3 is 9.26 Å². The third-order valence-electron chi connectivity index (χ3n) is 1.88. The Bertz CT molecular complexity index is 492. The molecule has 0 unspecified atom stereocenters. The number of ether oxygens (including phenoxy) is 1. The van der Waals surface area contributed by atoms with Crippen LogP contribution in [0.2, 0.25) is 0 Å². The standard InChI is InChI=1S/C9H6BrNO3/c1-13-9(12)5-2-3-7(10)8-6(5)4-11-14-8/h2-4H,1H3. The summed E-state index contributed by atoms with van der Waals surface area (Å²) in [5.41, 5.74) is 1.000. The molecule has 14 heavy (non-hydrogen) atoms. The van der Waals surface area contributed by atoms with Gasteiger partial charge in [-0.25, -0.2) is 4.79 Å². The van der Waals surface area contributed by atoms with Gasteiger partial charge in [0.2, 0.25) is 0 Å². The molecule has 0 bridgehead atoms. The lowest BCUT2D eigenvalue weighted by molar-refractivity contribution is 0.0603. The van der Waals surface area contributed by atoms with Crippen molar-refractivity contribution in [3.05, 3.63) is 28.4 Å². The predicted molar refractivity (Wildman–Crippen MR) is 53.0 cm³/mol. The zero-order valence-corrected chi connectivity index (χ0v) is 8.87. The molecule has 1 aromatic carbocycles. The van der Waals surface area contributed by atoms with Crippen molar-refractivity contribution in [2.24, 2.45) is 0 Å². The maximum atomic E-state index is 11.3. The lowest BCUT2D eigenvalue weighted by Crippen LogP contribution is -2.01. The number of halogens is 1. The molecular weight excluding hydrogens is 250 g/mol. The van der Waals surface area contributed by atoms with Gasteiger partial charge in [-0.1, -0.05) is 5.16 Å². The number of hydrogen-bond acceptors (Lipinski definition) is 4. The van der Waals surface area contributed by atoms with E-state index in [9.17, 15) is 4.79 Å². The number of rotatable bonds is 1. The summed E-state index contributed by atoms with van der Waals surface area (Å²) in [4.78, 5) is 11.3. The Kier molecular flexibility index (Phi) is 2.25. The Morgan fingerprint density at radius 1 is 1.57 bits per heavy atom. The van der Waals surface area contributed by atoms with Crippen molar-refractivity contribution in [3.8, 4) is 0 Å². The molecular formula is C9H6BrNO3. The number of fused-ring (bicyclic) bond motifs is 1. The second-order valence-electron chi connectivity index (χ2n) is 2.66. The van der Waals surface area contributed by atoms with Gasteiger partial charge in [-0.2, -0.15) is 0 Å². The highest BCUT2D eigenvalue weighted by Gasteiger charge is 2.14. The van der Waals surface area contributed by atoms with Crippen LogP contribution in [0.3, 0.4) is 0 Å². The van der Waals surface area contributed by atoms with Gasteiger partial charge in [-0.15, -0.1) is 0 Å². The summed E-state index contributed by atoms with van der Waals surface area (Å²) in [5.74, 6) is -0.397. The van der Waals surface area contributed by atoms with Gasteiger partial charge in [0, 0.05) is 0 Å². The number of nitrogens with zero attached hydrogens (tertiary/aromatic N) is 1. The lowest BCUT2D eigenvalue weighted by Gasteiger charge is -1.99. The van der Waals surface area contributed by atoms with E-state index >= 15 is 0 Å². The van der Waals surface area contributed by atoms with Gasteiger partial charge >= 0.3 is 5.97 Å². The molecule has 1 aromatic heterocycles. The first-order valence-electron chi connectivity index (χ1n) is 3.85. The van der Waals surface area contributed by atoms with Crippen LogP contribution in [0.1, 0.15) is 10.4 Å². The van der Waals surface area contributed by atoms with Crippen LogP contribution in [-0.4, -0.2) is 18.2 Å². The first kappa shape index (κ1) is 9.21. The molecule has 0 aliphatic carbocycles. The zero-order chi connectivity index (χ0) is 10.1. The van der Waals surface area contributed by atoms with Crippen molar-refractivity contribution in [1.29, 1.82) is 0 Å². The van der Waals surface area contributed by atoms with Crippen molar-refractivity contribution >= 4 is 32.9 Å². The van der Waals surface area contributed by atoms with Crippen molar-refractivity contribution in [1.82, 2.24) is 5.16 Å². The molecule has 0 spiro atoms. The monoisotopic (exact) mass is 255 g/mol. The van der Waals surface area contributed by atoms with Gasteiger partial charge in [0.1, 0.15) is 0 Å². The number of benzene rings is 1. The van der Waals surface area contributed by atoms with Crippen molar-refractivity contribution in [3.63, 3.8) is 0 Å². The fraction of sp³-hybridized carbons (Fsp3) is 0.111. The molecule has 0 radical (unpaired) electrons. The maximum Gasteiger partial charge on any atom is 0.338 e. The van der Waals surface area contributed by atoms with Gasteiger partial charge in [0.15, 0.2) is 5.58 Å². The van der Waals surface area contributed by atoms with Crippen molar-refractivity contribution < 1.29 is 14.1 Å². The minimum Gasteiger partial charge on any atom is -0.465 e. The van der Waals surface area contributed by atoms with Crippen molar-refractivity contribution in [2.75, 3.05) is 7.11 Å². The number of aromatic nitrogens is 1. The van der Waals surface area contributed by atoms with Gasteiger partial charge in [-0.05, 0) is 28.1 Å². The molecule has 4 nitrogen and oxygen atoms in total. The average Bonchev–Trinajstić information content (AvgIpc) is 2.67. The summed E-state index contributed by atoms with van der Waals surface area (Å²) in [5, 5.41) is 4.27. The molecule has 0 atom stereocenters. The average molecular weight is 256 g/mol. The topological polar surface area (TPSA) is 52.3 Å². The SMILES string of the molecule is COC(=O)c1ccc(Br)c2oncc12. The molecule has 2 aromatic rings. The zero-order valence-electron chi connectivity index (χ0n) is 7.28. The number of carbonyl (C=O) groups excluding carboxylic acids is 1. The third-order valence-corrected chi connectivity index (χ3v) is 2.50. The molecule has 72 valence electrons. The Morgan fingerprint density at radius 2 is 2.36 bits per heavy atom. The Hall–Kier alpha value is -1.36. The lowest BCUT2D eigenvalue weighted by atomic mass is 10.1. The second kappa shape index (κ2) is 3.42. The summed E-state index contributed by atoms with van der Waals surface area (Å²) in [6.07, 6.45) is 1.49. The summed E-state index contributed by atoms with van der Waals surface area (Å²) >= 11 is 3.30. The van der Waals surface area contributed by atoms with Crippen LogP contribution >= 0.6 is 15.9 Å². The molecule has 0 aliphatic heterocycles. The molecule has 0 aliphatic rings. The molecule has 2 rings (SSSR count). The van der Waals surface area contributed by atoms with E-state index in [4.69, 9.17) is 4.52 Å². The van der Waals surface area contributed by atoms with Crippen molar-refractivity contribution in [2.45, 2.75) is 0 Å². The van der Waals surface area contributed by atoms with Crippen LogP contribution in [0.25, 0.3) is 11.0 Å². The molecule has 0 amide bonds. The van der Waals surface area contributed by atoms with E-state index in [2.05, 4.69) is 25.8 Å². The van der Waals surface area contributed by atoms with Crippen LogP contribution in [-0.2, 0) is 4.74 Å². The third kappa shape index (κ3) is 1.29. The molecule has 0 N–H and O–H groups in total. The summed E-state index contributed by atoms with van der Waals surface area (Å²) < 4.78 is 10.4. The number of carbonyl (C=O) groups is 1. The van der Waals surface area contributed by atoms with E-state index in [1.165, 1.54) is 13.3 Å². The summed E-state index contributed by atoms with van der Waals surface area (Å²) in [6.45, 7) is 0. The van der Waals surface area contributed by atoms with E-state index in [1.54, 1.807) is 12.1 Å². The van der Waals surface area contributed by atoms with Gasteiger partial charge in [0.05, 0.1) is 28.7 Å². The first-order valence-corrected chi connectivity index (χ1v) is 4.64. The predicted octanol–water partition coefficient (Wildman–Crippen LogP) is 2.38. The van der Waals surface area contributed by atoms with E-state index < -0.39 is 5.97 Å². The van der Waals surface area contributed by atoms with E-state index in [1.807, 2.05) is 0 Å². The highest BCUT2D eigenvalue weighted by molar-refractivity contribution is 9.10. The summed E-state index contributed by atoms with van der Waals surface area (Å²) in [6, 6.07) is 3.38. The minimum atomic E-state index is -0.397. The summed E-state index contributed by atoms with van der Waals surface area (Å²) in [7, 11) is 1.34. The largest absolute Gasteiger partial charge is 0.465 e. The fourth-order valence-electron chi connectivity index (χ4n) is 1.21. The molecule has 0 fully saturated rings. The Morgan fingerprint density at radius 3 is 3.07 bits per heavy atom. The number of methoxy groups -OCH3 is 1. The smallest absolute Gasteiger partial charge is 0.338 e.